The molecule has 0 aliphatic carbocycles. The van der Waals surface area contributed by atoms with Crippen molar-refractivity contribution in [2.45, 2.75) is 25.5 Å². The molecule has 2 atom stereocenters. The van der Waals surface area contributed by atoms with E-state index in [0.29, 0.717) is 6.54 Å². The number of rotatable bonds is 6. The van der Waals surface area contributed by atoms with Gasteiger partial charge in [-0.05, 0) is 24.9 Å². The molecule has 0 amide bonds. The van der Waals surface area contributed by atoms with Gasteiger partial charge in [0.25, 0.3) is 6.47 Å². The highest BCUT2D eigenvalue weighted by molar-refractivity contribution is 5.84. The number of hydrogen-bond donors (Lipinski definition) is 4. The fourth-order valence-corrected chi connectivity index (χ4v) is 3.34. The van der Waals surface area contributed by atoms with E-state index < -0.39 is 23.5 Å². The van der Waals surface area contributed by atoms with Crippen LogP contribution in [0.5, 0.6) is 0 Å². The number of aliphatic carboxylic acids is 1. The number of aliphatic hydroxyl groups excluding tert-OH is 1. The maximum Gasteiger partial charge on any atom is 0.357 e. The first kappa shape index (κ1) is 22.1. The van der Waals surface area contributed by atoms with Crippen LogP contribution in [-0.4, -0.2) is 67.9 Å². The molecule has 0 saturated carbocycles. The third-order valence-electron chi connectivity index (χ3n) is 4.86. The Bertz CT molecular complexity index is 838. The monoisotopic (exact) mass is 406 g/mol. The summed E-state index contributed by atoms with van der Waals surface area (Å²) >= 11 is 0. The Morgan fingerprint density at radius 3 is 2.45 bits per heavy atom. The molecule has 4 N–H and O–H groups in total. The Kier molecular flexibility index (Phi) is 7.46. The topological polar surface area (TPSA) is 161 Å². The van der Waals surface area contributed by atoms with Gasteiger partial charge in [0.1, 0.15) is 11.7 Å². The highest BCUT2D eigenvalue weighted by Crippen LogP contribution is 2.36. The minimum absolute atomic E-state index is 0.143. The molecule has 1 aromatic heterocycles. The number of oxazole rings is 1. The SMILES string of the molecule is O=C(O)c1coc(CN2CC[C@](Cc3ccccc3)(C(=O)O)[C@@H](O)C2)n1.O=CO. The van der Waals surface area contributed by atoms with Crippen molar-refractivity contribution >= 4 is 18.4 Å². The molecular weight excluding hydrogens is 384 g/mol. The average Bonchev–Trinajstić information content (AvgIpc) is 3.14. The van der Waals surface area contributed by atoms with Crippen LogP contribution in [0.4, 0.5) is 0 Å². The van der Waals surface area contributed by atoms with Crippen molar-refractivity contribution in [1.29, 1.82) is 0 Å². The highest BCUT2D eigenvalue weighted by atomic mass is 16.4. The minimum atomic E-state index is -1.25. The quantitative estimate of drug-likeness (QED) is 0.508. The van der Waals surface area contributed by atoms with Gasteiger partial charge >= 0.3 is 11.9 Å². The van der Waals surface area contributed by atoms with Crippen molar-refractivity contribution in [3.05, 3.63) is 53.7 Å². The molecule has 2 aromatic rings. The lowest BCUT2D eigenvalue weighted by Crippen LogP contribution is -2.55. The number of hydrogen-bond acceptors (Lipinski definition) is 7. The number of β-amino-alcohol motifs (C(OH)–C–C–N with tert-alkyl or cyclic N) is 1. The predicted octanol–water partition coefficient (Wildman–Crippen LogP) is 0.954. The van der Waals surface area contributed by atoms with Gasteiger partial charge in [0.2, 0.25) is 5.89 Å². The molecule has 29 heavy (non-hydrogen) atoms. The van der Waals surface area contributed by atoms with Crippen LogP contribution in [0, 0.1) is 5.41 Å². The van der Waals surface area contributed by atoms with E-state index in [1.54, 1.807) is 0 Å². The number of carbonyl (C=O) groups is 3. The molecule has 0 unspecified atom stereocenters. The van der Waals surface area contributed by atoms with Crippen LogP contribution in [0.25, 0.3) is 0 Å². The van der Waals surface area contributed by atoms with E-state index >= 15 is 0 Å². The Hall–Kier alpha value is -3.24. The van der Waals surface area contributed by atoms with Gasteiger partial charge in [0.05, 0.1) is 12.6 Å². The second-order valence-corrected chi connectivity index (χ2v) is 6.66. The molecule has 1 fully saturated rings. The van der Waals surface area contributed by atoms with Crippen molar-refractivity contribution in [2.75, 3.05) is 13.1 Å². The van der Waals surface area contributed by atoms with Crippen LogP contribution in [0.2, 0.25) is 0 Å². The normalized spacial score (nSPS) is 21.6. The molecule has 156 valence electrons. The molecule has 1 aliphatic rings. The number of piperidine rings is 1. The Morgan fingerprint density at radius 1 is 1.28 bits per heavy atom. The summed E-state index contributed by atoms with van der Waals surface area (Å²) in [7, 11) is 0. The Labute approximate surface area is 166 Å². The van der Waals surface area contributed by atoms with Gasteiger partial charge in [-0.2, -0.15) is 0 Å². The van der Waals surface area contributed by atoms with Gasteiger partial charge in [0.15, 0.2) is 5.69 Å². The third kappa shape index (κ3) is 5.39. The average molecular weight is 406 g/mol. The molecular formula is C19H22N2O8. The van der Waals surface area contributed by atoms with E-state index in [1.165, 1.54) is 0 Å². The van der Waals surface area contributed by atoms with Crippen LogP contribution < -0.4 is 0 Å². The molecule has 1 saturated heterocycles. The summed E-state index contributed by atoms with van der Waals surface area (Å²) < 4.78 is 5.13. The third-order valence-corrected chi connectivity index (χ3v) is 4.86. The number of aromatic nitrogens is 1. The van der Waals surface area contributed by atoms with Gasteiger partial charge < -0.3 is 24.8 Å². The van der Waals surface area contributed by atoms with E-state index in [-0.39, 0.29) is 44.0 Å². The summed E-state index contributed by atoms with van der Waals surface area (Å²) in [6, 6.07) is 9.25. The van der Waals surface area contributed by atoms with Crippen LogP contribution in [0.1, 0.15) is 28.4 Å². The van der Waals surface area contributed by atoms with Gasteiger partial charge in [-0.15, -0.1) is 0 Å². The predicted molar refractivity (Wildman–Crippen MR) is 98.3 cm³/mol. The largest absolute Gasteiger partial charge is 0.483 e. The molecule has 0 spiro atoms. The highest BCUT2D eigenvalue weighted by Gasteiger charge is 2.48. The van der Waals surface area contributed by atoms with E-state index in [4.69, 9.17) is 19.4 Å². The smallest absolute Gasteiger partial charge is 0.357 e. The zero-order valence-electron chi connectivity index (χ0n) is 15.5. The standard InChI is InChI=1S/C18H20N2O6.CH2O2/c21-14-9-20(10-15-19-13(11-26-15)16(22)23)7-6-18(14,17(24)25)8-12-4-2-1-3-5-12;2-1-3/h1-5,11,14,21H,6-10H2,(H,22,23)(H,24,25);1H,(H,2,3)/t14-,18+;/m0./s1. The van der Waals surface area contributed by atoms with Crippen molar-refractivity contribution in [3.8, 4) is 0 Å². The number of benzene rings is 1. The first-order chi connectivity index (χ1) is 13.8. The van der Waals surface area contributed by atoms with E-state index in [9.17, 15) is 19.8 Å². The Balaban J connectivity index is 0.000000941. The van der Waals surface area contributed by atoms with Crippen LogP contribution >= 0.6 is 0 Å². The molecule has 10 nitrogen and oxygen atoms in total. The lowest BCUT2D eigenvalue weighted by atomic mass is 9.71. The molecule has 2 heterocycles. The minimum Gasteiger partial charge on any atom is -0.483 e. The first-order valence-corrected chi connectivity index (χ1v) is 8.75. The zero-order valence-corrected chi connectivity index (χ0v) is 15.5. The summed E-state index contributed by atoms with van der Waals surface area (Å²) in [6.45, 7) is 0.538. The van der Waals surface area contributed by atoms with Crippen molar-refractivity contribution in [1.82, 2.24) is 9.88 Å². The summed E-state index contributed by atoms with van der Waals surface area (Å²) in [6.07, 6.45) is 0.517. The first-order valence-electron chi connectivity index (χ1n) is 8.75. The molecule has 3 rings (SSSR count). The second kappa shape index (κ2) is 9.80. The summed E-state index contributed by atoms with van der Waals surface area (Å²) in [5.41, 5.74) is -0.566. The molecule has 10 heteroatoms. The van der Waals surface area contributed by atoms with Crippen molar-refractivity contribution in [2.24, 2.45) is 5.41 Å². The fraction of sp³-hybridized carbons (Fsp3) is 0.368. The van der Waals surface area contributed by atoms with Gasteiger partial charge in [-0.25, -0.2) is 9.78 Å². The second-order valence-electron chi connectivity index (χ2n) is 6.66. The fourth-order valence-electron chi connectivity index (χ4n) is 3.34. The van der Waals surface area contributed by atoms with Crippen molar-refractivity contribution in [3.63, 3.8) is 0 Å². The molecule has 0 radical (unpaired) electrons. The van der Waals surface area contributed by atoms with Gasteiger partial charge in [-0.3, -0.25) is 14.5 Å². The number of aliphatic hydroxyl groups is 1. The van der Waals surface area contributed by atoms with Crippen LogP contribution in [0.3, 0.4) is 0 Å². The number of carboxylic acids is 2. The maximum atomic E-state index is 12.0. The summed E-state index contributed by atoms with van der Waals surface area (Å²) in [4.78, 5) is 36.8. The molecule has 1 aliphatic heterocycles. The van der Waals surface area contributed by atoms with Crippen LogP contribution in [-0.2, 0) is 22.6 Å². The van der Waals surface area contributed by atoms with E-state index in [0.717, 1.165) is 11.8 Å². The summed E-state index contributed by atoms with van der Waals surface area (Å²) in [5, 5.41) is 36.2. The van der Waals surface area contributed by atoms with Crippen LogP contribution in [0.15, 0.2) is 41.0 Å². The maximum absolute atomic E-state index is 12.0. The zero-order chi connectivity index (χ0) is 21.4. The van der Waals surface area contributed by atoms with Gasteiger partial charge in [-0.1, -0.05) is 30.3 Å². The number of nitrogens with zero attached hydrogens (tertiary/aromatic N) is 2. The Morgan fingerprint density at radius 2 is 1.93 bits per heavy atom. The number of aromatic carboxylic acids is 1. The lowest BCUT2D eigenvalue weighted by molar-refractivity contribution is -0.163. The molecule has 1 aromatic carbocycles. The summed E-state index contributed by atoms with van der Waals surface area (Å²) in [5.74, 6) is -1.97. The van der Waals surface area contributed by atoms with Gasteiger partial charge in [0, 0.05) is 6.54 Å². The van der Waals surface area contributed by atoms with E-state index in [1.807, 2.05) is 35.2 Å². The van der Waals surface area contributed by atoms with E-state index in [2.05, 4.69) is 4.98 Å². The number of carboxylic acid groups (broad SMARTS) is 3. The lowest BCUT2D eigenvalue weighted by Gasteiger charge is -2.42. The molecule has 0 bridgehead atoms. The van der Waals surface area contributed by atoms with Crippen molar-refractivity contribution < 1.29 is 39.2 Å². The number of likely N-dealkylation sites (tertiary alicyclic amines) is 1.